The Morgan fingerprint density at radius 1 is 0.879 bits per heavy atom. The first-order valence-corrected chi connectivity index (χ1v) is 14.2. The van der Waals surface area contributed by atoms with Crippen molar-refractivity contribution in [3.63, 3.8) is 0 Å². The van der Waals surface area contributed by atoms with Gasteiger partial charge in [0.05, 0.1) is 6.10 Å². The molecule has 3 aliphatic carbocycles. The molecule has 186 valence electrons. The minimum Gasteiger partial charge on any atom is -0.378 e. The van der Waals surface area contributed by atoms with E-state index < -0.39 is 0 Å². The van der Waals surface area contributed by atoms with Gasteiger partial charge < -0.3 is 4.74 Å². The number of halogens is 2. The van der Waals surface area contributed by atoms with E-state index in [9.17, 15) is 0 Å². The highest BCUT2D eigenvalue weighted by Crippen LogP contribution is 2.48. The van der Waals surface area contributed by atoms with Crippen LogP contribution in [0.25, 0.3) is 0 Å². The number of hydrogen-bond donors (Lipinski definition) is 0. The maximum atomic E-state index is 15.6. The number of benzene rings is 1. The van der Waals surface area contributed by atoms with Crippen molar-refractivity contribution in [3.8, 4) is 0 Å². The number of unbranched alkanes of at least 4 members (excludes halogenated alkanes) is 4. The Labute approximate surface area is 201 Å². The Morgan fingerprint density at radius 2 is 1.67 bits per heavy atom. The molecule has 0 aliphatic heterocycles. The van der Waals surface area contributed by atoms with E-state index in [1.54, 1.807) is 6.07 Å². The lowest BCUT2D eigenvalue weighted by atomic mass is 9.65. The third kappa shape index (κ3) is 6.19. The molecule has 0 amide bonds. The molecule has 33 heavy (non-hydrogen) atoms. The van der Waals surface area contributed by atoms with Crippen molar-refractivity contribution >= 4 is 0 Å². The zero-order chi connectivity index (χ0) is 23.2. The van der Waals surface area contributed by atoms with Gasteiger partial charge in [0.15, 0.2) is 0 Å². The molecule has 0 aromatic heterocycles. The highest BCUT2D eigenvalue weighted by atomic mass is 19.1. The fourth-order valence-electron chi connectivity index (χ4n) is 7.09. The fourth-order valence-corrected chi connectivity index (χ4v) is 7.09. The molecule has 2 fully saturated rings. The lowest BCUT2D eigenvalue weighted by Gasteiger charge is -2.42. The van der Waals surface area contributed by atoms with Crippen LogP contribution in [0.2, 0.25) is 0 Å². The van der Waals surface area contributed by atoms with Crippen molar-refractivity contribution in [2.24, 2.45) is 17.8 Å². The van der Waals surface area contributed by atoms with Gasteiger partial charge in [0, 0.05) is 12.2 Å². The van der Waals surface area contributed by atoms with Crippen LogP contribution in [-0.2, 0) is 17.6 Å². The summed E-state index contributed by atoms with van der Waals surface area (Å²) in [5, 5.41) is 0. The van der Waals surface area contributed by atoms with Crippen molar-refractivity contribution in [2.45, 2.75) is 129 Å². The molecular weight excluding hydrogens is 414 g/mol. The summed E-state index contributed by atoms with van der Waals surface area (Å²) in [6.07, 6.45) is 18.2. The van der Waals surface area contributed by atoms with Gasteiger partial charge in [0.1, 0.15) is 11.6 Å². The smallest absolute Gasteiger partial charge is 0.133 e. The maximum absolute atomic E-state index is 15.6. The molecule has 3 aliphatic rings. The van der Waals surface area contributed by atoms with Crippen LogP contribution < -0.4 is 0 Å². The minimum atomic E-state index is -0.269. The number of ether oxygens (including phenoxy) is 1. The Balaban J connectivity index is 1.34. The first-order valence-electron chi connectivity index (χ1n) is 14.2. The molecule has 0 heterocycles. The lowest BCUT2D eigenvalue weighted by molar-refractivity contribution is -0.0166. The van der Waals surface area contributed by atoms with Crippen LogP contribution in [0.3, 0.4) is 0 Å². The fraction of sp³-hybridized carbons (Fsp3) is 0.800. The van der Waals surface area contributed by atoms with E-state index in [0.717, 1.165) is 75.5 Å². The van der Waals surface area contributed by atoms with Gasteiger partial charge in [-0.05, 0) is 105 Å². The summed E-state index contributed by atoms with van der Waals surface area (Å²) in [6.45, 7) is 5.35. The molecule has 1 nitrogen and oxygen atoms in total. The predicted octanol–water partition coefficient (Wildman–Crippen LogP) is 8.91. The second-order valence-electron chi connectivity index (χ2n) is 11.4. The van der Waals surface area contributed by atoms with Gasteiger partial charge in [-0.3, -0.25) is 0 Å². The number of hydrogen-bond acceptors (Lipinski definition) is 1. The van der Waals surface area contributed by atoms with E-state index >= 15 is 8.78 Å². The highest BCUT2D eigenvalue weighted by Gasteiger charge is 2.38. The van der Waals surface area contributed by atoms with Gasteiger partial charge in [0.25, 0.3) is 0 Å². The van der Waals surface area contributed by atoms with Crippen molar-refractivity contribution in [2.75, 3.05) is 6.61 Å². The molecule has 3 heteroatoms. The van der Waals surface area contributed by atoms with Crippen LogP contribution in [0.15, 0.2) is 6.07 Å². The molecule has 2 saturated carbocycles. The Kier molecular flexibility index (Phi) is 9.25. The summed E-state index contributed by atoms with van der Waals surface area (Å²) in [6, 6.07) is 1.71. The van der Waals surface area contributed by atoms with Crippen LogP contribution in [0.5, 0.6) is 0 Å². The third-order valence-electron chi connectivity index (χ3n) is 9.05. The standard InChI is InChI=1S/C30H46F2O/c1-3-5-7-8-16-33-26-14-13-22-18-24(12-11-23(22)19-26)29-28(31)20-25-17-21(9-6-4-2)10-15-27(25)30(29)32/h20-24,26H,3-19H2,1-2H3. The van der Waals surface area contributed by atoms with E-state index in [2.05, 4.69) is 13.8 Å². The topological polar surface area (TPSA) is 9.23 Å². The maximum Gasteiger partial charge on any atom is 0.133 e. The summed E-state index contributed by atoms with van der Waals surface area (Å²) in [7, 11) is 0. The second kappa shape index (κ2) is 12.1. The predicted molar refractivity (Wildman–Crippen MR) is 133 cm³/mol. The highest BCUT2D eigenvalue weighted by molar-refractivity contribution is 5.39. The number of rotatable bonds is 10. The largest absolute Gasteiger partial charge is 0.378 e. The van der Waals surface area contributed by atoms with Crippen LogP contribution in [0.4, 0.5) is 8.78 Å². The summed E-state index contributed by atoms with van der Waals surface area (Å²) in [4.78, 5) is 0. The van der Waals surface area contributed by atoms with Crippen LogP contribution in [0.1, 0.15) is 126 Å². The van der Waals surface area contributed by atoms with Crippen molar-refractivity contribution in [1.82, 2.24) is 0 Å². The average molecular weight is 461 g/mol. The quantitative estimate of drug-likeness (QED) is 0.317. The summed E-state index contributed by atoms with van der Waals surface area (Å²) >= 11 is 0. The summed E-state index contributed by atoms with van der Waals surface area (Å²) in [5.74, 6) is 1.49. The van der Waals surface area contributed by atoms with Gasteiger partial charge in [-0.1, -0.05) is 52.4 Å². The molecule has 5 unspecified atom stereocenters. The van der Waals surface area contributed by atoms with Crippen molar-refractivity contribution < 1.29 is 13.5 Å². The van der Waals surface area contributed by atoms with E-state index in [4.69, 9.17) is 4.74 Å². The molecule has 5 atom stereocenters. The van der Waals surface area contributed by atoms with E-state index in [1.807, 2.05) is 0 Å². The Hall–Kier alpha value is -0.960. The van der Waals surface area contributed by atoms with E-state index in [-0.39, 0.29) is 17.6 Å². The SMILES string of the molecule is CCCCCCOC1CCC2CC(c3c(F)cc4c(c3F)CCC(CCCC)C4)CCC2C1. The Bertz CT molecular complexity index is 760. The van der Waals surface area contributed by atoms with E-state index in [1.165, 1.54) is 44.9 Å². The molecular formula is C30H46F2O. The summed E-state index contributed by atoms with van der Waals surface area (Å²) < 4.78 is 37.1. The molecule has 0 radical (unpaired) electrons. The number of fused-ring (bicyclic) bond motifs is 2. The molecule has 0 bridgehead atoms. The van der Waals surface area contributed by atoms with Gasteiger partial charge in [-0.15, -0.1) is 0 Å². The van der Waals surface area contributed by atoms with Gasteiger partial charge >= 0.3 is 0 Å². The third-order valence-corrected chi connectivity index (χ3v) is 9.05. The molecule has 0 N–H and O–H groups in total. The zero-order valence-electron chi connectivity index (χ0n) is 21.1. The minimum absolute atomic E-state index is 0.0564. The van der Waals surface area contributed by atoms with Crippen molar-refractivity contribution in [1.29, 1.82) is 0 Å². The van der Waals surface area contributed by atoms with Gasteiger partial charge in [0.2, 0.25) is 0 Å². The monoisotopic (exact) mass is 460 g/mol. The zero-order valence-corrected chi connectivity index (χ0v) is 21.1. The van der Waals surface area contributed by atoms with Gasteiger partial charge in [-0.25, -0.2) is 8.78 Å². The molecule has 1 aromatic carbocycles. The molecule has 0 spiro atoms. The van der Waals surface area contributed by atoms with Crippen LogP contribution >= 0.6 is 0 Å². The average Bonchev–Trinajstić information content (AvgIpc) is 2.82. The lowest BCUT2D eigenvalue weighted by Crippen LogP contribution is -2.34. The van der Waals surface area contributed by atoms with Crippen molar-refractivity contribution in [3.05, 3.63) is 34.4 Å². The Morgan fingerprint density at radius 3 is 2.48 bits per heavy atom. The van der Waals surface area contributed by atoms with Crippen LogP contribution in [0, 0.1) is 29.4 Å². The normalized spacial score (nSPS) is 29.5. The first-order chi connectivity index (χ1) is 16.1. The second-order valence-corrected chi connectivity index (χ2v) is 11.4. The molecule has 4 rings (SSSR count). The van der Waals surface area contributed by atoms with Gasteiger partial charge in [-0.2, -0.15) is 0 Å². The van der Waals surface area contributed by atoms with E-state index in [0.29, 0.717) is 29.4 Å². The summed E-state index contributed by atoms with van der Waals surface area (Å²) in [5.41, 5.74) is 2.21. The molecule has 0 saturated heterocycles. The first kappa shape index (κ1) is 25.1. The van der Waals surface area contributed by atoms with Crippen LogP contribution in [-0.4, -0.2) is 12.7 Å². The molecule has 1 aromatic rings.